The Kier molecular flexibility index (Phi) is 4.16. The van der Waals surface area contributed by atoms with E-state index in [9.17, 15) is 4.79 Å². The van der Waals surface area contributed by atoms with E-state index in [1.165, 1.54) is 6.42 Å². The third-order valence-electron chi connectivity index (χ3n) is 5.60. The molecule has 130 valence electrons. The Balaban J connectivity index is 1.36. The molecular weight excluding hydrogens is 306 g/mol. The molecule has 4 rings (SSSR count). The molecule has 1 aromatic heterocycles. The predicted octanol–water partition coefficient (Wildman–Crippen LogP) is 3.09. The smallest absolute Gasteiger partial charge is 0.255 e. The van der Waals surface area contributed by atoms with Crippen LogP contribution in [0.2, 0.25) is 0 Å². The van der Waals surface area contributed by atoms with Crippen LogP contribution in [-0.4, -0.2) is 39.6 Å². The zero-order valence-corrected chi connectivity index (χ0v) is 14.3. The van der Waals surface area contributed by atoms with Crippen molar-refractivity contribution in [2.75, 3.05) is 13.1 Å². The van der Waals surface area contributed by atoms with Gasteiger partial charge in [-0.15, -0.1) is 0 Å². The number of likely N-dealkylation sites (tertiary alicyclic amines) is 1. The molecule has 6 heteroatoms. The van der Waals surface area contributed by atoms with E-state index in [4.69, 9.17) is 9.26 Å². The van der Waals surface area contributed by atoms with Gasteiger partial charge in [0.2, 0.25) is 5.91 Å². The number of aryl methyl sites for hydroxylation is 1. The first kappa shape index (κ1) is 15.8. The number of hydrogen-bond donors (Lipinski definition) is 0. The molecule has 0 saturated carbocycles. The van der Waals surface area contributed by atoms with Crippen molar-refractivity contribution in [3.63, 3.8) is 0 Å². The van der Waals surface area contributed by atoms with E-state index in [0.29, 0.717) is 11.7 Å². The largest absolute Gasteiger partial charge is 0.362 e. The van der Waals surface area contributed by atoms with Crippen molar-refractivity contribution in [1.82, 2.24) is 15.0 Å². The predicted molar refractivity (Wildman–Crippen MR) is 87.2 cm³/mol. The lowest BCUT2D eigenvalue weighted by molar-refractivity contribution is -0.134. The van der Waals surface area contributed by atoms with Crippen molar-refractivity contribution >= 4 is 5.91 Å². The Hall–Kier alpha value is -1.69. The molecule has 0 aromatic carbocycles. The van der Waals surface area contributed by atoms with Gasteiger partial charge in [0.1, 0.15) is 6.10 Å². The van der Waals surface area contributed by atoms with Crippen molar-refractivity contribution in [3.8, 4) is 0 Å². The minimum atomic E-state index is -0.120. The van der Waals surface area contributed by atoms with Crippen LogP contribution in [0.25, 0.3) is 0 Å². The quantitative estimate of drug-likeness (QED) is 0.833. The summed E-state index contributed by atoms with van der Waals surface area (Å²) in [7, 11) is 0. The SMILES string of the molecule is Cc1noc([C@H]2CCC3(CCN(C(=O)C4=CCCCC4)CC3)O2)n1. The average molecular weight is 331 g/mol. The zero-order valence-electron chi connectivity index (χ0n) is 14.3. The molecule has 1 amide bonds. The number of allylic oxidation sites excluding steroid dienone is 1. The molecule has 3 aliphatic rings. The highest BCUT2D eigenvalue weighted by Crippen LogP contribution is 2.44. The molecule has 2 saturated heterocycles. The number of amides is 1. The van der Waals surface area contributed by atoms with Gasteiger partial charge >= 0.3 is 0 Å². The van der Waals surface area contributed by atoms with E-state index < -0.39 is 0 Å². The van der Waals surface area contributed by atoms with Crippen molar-refractivity contribution in [2.24, 2.45) is 0 Å². The molecule has 6 nitrogen and oxygen atoms in total. The van der Waals surface area contributed by atoms with E-state index in [-0.39, 0.29) is 17.6 Å². The highest BCUT2D eigenvalue weighted by Gasteiger charge is 2.45. The van der Waals surface area contributed by atoms with Crippen LogP contribution in [0.3, 0.4) is 0 Å². The fraction of sp³-hybridized carbons (Fsp3) is 0.722. The minimum Gasteiger partial charge on any atom is -0.362 e. The number of rotatable bonds is 2. The Labute approximate surface area is 142 Å². The highest BCUT2D eigenvalue weighted by molar-refractivity contribution is 5.93. The Morgan fingerprint density at radius 1 is 1.29 bits per heavy atom. The van der Waals surface area contributed by atoms with Crippen molar-refractivity contribution in [2.45, 2.75) is 70.0 Å². The summed E-state index contributed by atoms with van der Waals surface area (Å²) in [6, 6.07) is 0. The standard InChI is InChI=1S/C18H25N3O3/c1-13-19-16(24-20-13)15-7-8-18(23-15)9-11-21(12-10-18)17(22)14-5-3-2-4-6-14/h5,15H,2-4,6-12H2,1H3/t15-/m1/s1. The van der Waals surface area contributed by atoms with E-state index in [0.717, 1.165) is 63.6 Å². The van der Waals surface area contributed by atoms with Crippen molar-refractivity contribution in [1.29, 1.82) is 0 Å². The highest BCUT2D eigenvalue weighted by atomic mass is 16.5. The zero-order chi connectivity index (χ0) is 16.6. The summed E-state index contributed by atoms with van der Waals surface area (Å²) in [5, 5.41) is 3.86. The van der Waals surface area contributed by atoms with E-state index in [2.05, 4.69) is 16.2 Å². The number of ether oxygens (including phenoxy) is 1. The fourth-order valence-electron chi connectivity index (χ4n) is 4.15. The van der Waals surface area contributed by atoms with Crippen LogP contribution in [0, 0.1) is 6.92 Å². The minimum absolute atomic E-state index is 0.0884. The van der Waals surface area contributed by atoms with Crippen molar-refractivity contribution in [3.05, 3.63) is 23.4 Å². The van der Waals surface area contributed by atoms with Gasteiger partial charge in [-0.1, -0.05) is 11.2 Å². The molecule has 0 N–H and O–H groups in total. The van der Waals surface area contributed by atoms with Gasteiger partial charge in [0.15, 0.2) is 5.82 Å². The summed E-state index contributed by atoms with van der Waals surface area (Å²) in [5.41, 5.74) is 0.897. The summed E-state index contributed by atoms with van der Waals surface area (Å²) in [6.07, 6.45) is 10.1. The lowest BCUT2D eigenvalue weighted by Gasteiger charge is -2.39. The van der Waals surface area contributed by atoms with Crippen LogP contribution in [-0.2, 0) is 9.53 Å². The van der Waals surface area contributed by atoms with Crippen LogP contribution in [0.5, 0.6) is 0 Å². The van der Waals surface area contributed by atoms with Crippen LogP contribution in [0.4, 0.5) is 0 Å². The number of piperidine rings is 1. The second-order valence-corrected chi connectivity index (χ2v) is 7.28. The van der Waals surface area contributed by atoms with E-state index >= 15 is 0 Å². The number of nitrogens with zero attached hydrogens (tertiary/aromatic N) is 3. The molecule has 0 unspecified atom stereocenters. The molecule has 3 heterocycles. The van der Waals surface area contributed by atoms with Gasteiger partial charge in [-0.05, 0) is 58.3 Å². The van der Waals surface area contributed by atoms with Gasteiger partial charge < -0.3 is 14.2 Å². The molecule has 1 spiro atoms. The Morgan fingerprint density at radius 2 is 2.12 bits per heavy atom. The molecule has 24 heavy (non-hydrogen) atoms. The van der Waals surface area contributed by atoms with Crippen LogP contribution < -0.4 is 0 Å². The second-order valence-electron chi connectivity index (χ2n) is 7.28. The molecule has 1 aromatic rings. The van der Waals surface area contributed by atoms with E-state index in [1.54, 1.807) is 0 Å². The fourth-order valence-corrected chi connectivity index (χ4v) is 4.15. The summed E-state index contributed by atoms with van der Waals surface area (Å²) >= 11 is 0. The van der Waals surface area contributed by atoms with E-state index in [1.807, 2.05) is 11.8 Å². The summed E-state index contributed by atoms with van der Waals surface area (Å²) in [5.74, 6) is 1.48. The van der Waals surface area contributed by atoms with Crippen LogP contribution in [0.15, 0.2) is 16.2 Å². The maximum atomic E-state index is 12.6. The van der Waals surface area contributed by atoms with Gasteiger partial charge in [0.05, 0.1) is 5.60 Å². The third kappa shape index (κ3) is 2.99. The first-order valence-electron chi connectivity index (χ1n) is 9.12. The summed E-state index contributed by atoms with van der Waals surface area (Å²) < 4.78 is 11.6. The van der Waals surface area contributed by atoms with Gasteiger partial charge in [0.25, 0.3) is 5.89 Å². The lowest BCUT2D eigenvalue weighted by Crippen LogP contribution is -2.47. The van der Waals surface area contributed by atoms with Gasteiger partial charge in [0, 0.05) is 18.7 Å². The summed E-state index contributed by atoms with van der Waals surface area (Å²) in [4.78, 5) is 18.9. The maximum Gasteiger partial charge on any atom is 0.255 e. The normalized spacial score (nSPS) is 26.6. The molecule has 1 atom stereocenters. The second kappa shape index (κ2) is 6.31. The number of hydrogen-bond acceptors (Lipinski definition) is 5. The van der Waals surface area contributed by atoms with Gasteiger partial charge in [-0.3, -0.25) is 4.79 Å². The number of carbonyl (C=O) groups excluding carboxylic acids is 1. The Bertz CT molecular complexity index is 644. The molecule has 2 fully saturated rings. The number of carbonyl (C=O) groups is 1. The first-order valence-corrected chi connectivity index (χ1v) is 9.12. The topological polar surface area (TPSA) is 68.5 Å². The monoisotopic (exact) mass is 331 g/mol. The molecule has 0 bridgehead atoms. The lowest BCUT2D eigenvalue weighted by atomic mass is 9.88. The molecular formula is C18H25N3O3. The Morgan fingerprint density at radius 3 is 2.79 bits per heavy atom. The third-order valence-corrected chi connectivity index (χ3v) is 5.60. The molecule has 0 radical (unpaired) electrons. The average Bonchev–Trinajstić information content (AvgIpc) is 3.23. The van der Waals surface area contributed by atoms with Gasteiger partial charge in [-0.25, -0.2) is 0 Å². The number of aromatic nitrogens is 2. The van der Waals surface area contributed by atoms with Gasteiger partial charge in [-0.2, -0.15) is 4.98 Å². The molecule has 2 aliphatic heterocycles. The molecule has 1 aliphatic carbocycles. The van der Waals surface area contributed by atoms with Crippen molar-refractivity contribution < 1.29 is 14.1 Å². The van der Waals surface area contributed by atoms with Crippen LogP contribution >= 0.6 is 0 Å². The first-order chi connectivity index (χ1) is 11.7. The maximum absolute atomic E-state index is 12.6. The summed E-state index contributed by atoms with van der Waals surface area (Å²) in [6.45, 7) is 3.39. The van der Waals surface area contributed by atoms with Crippen LogP contribution in [0.1, 0.15) is 69.2 Å².